The second kappa shape index (κ2) is 8.11. The summed E-state index contributed by atoms with van der Waals surface area (Å²) in [6.45, 7) is 5.40. The van der Waals surface area contributed by atoms with Gasteiger partial charge < -0.3 is 9.88 Å². The lowest BCUT2D eigenvalue weighted by molar-refractivity contribution is 0.0943. The van der Waals surface area contributed by atoms with Crippen LogP contribution in [0.15, 0.2) is 51.9 Å². The number of aromatic nitrogens is 3. The van der Waals surface area contributed by atoms with Crippen LogP contribution in [0.2, 0.25) is 0 Å². The molecule has 1 saturated heterocycles. The van der Waals surface area contributed by atoms with Crippen LogP contribution >= 0.6 is 0 Å². The quantitative estimate of drug-likeness (QED) is 0.681. The lowest BCUT2D eigenvalue weighted by Gasteiger charge is -2.43. The summed E-state index contributed by atoms with van der Waals surface area (Å²) in [5.41, 5.74) is 3.47. The number of benzene rings is 1. The van der Waals surface area contributed by atoms with Crippen molar-refractivity contribution >= 4 is 5.91 Å². The Kier molecular flexibility index (Phi) is 5.15. The number of aryl methyl sites for hydroxylation is 1. The Morgan fingerprint density at radius 2 is 1.97 bits per heavy atom. The fourth-order valence-corrected chi connectivity index (χ4v) is 4.86. The lowest BCUT2D eigenvalue weighted by Crippen LogP contribution is -2.47. The zero-order valence-corrected chi connectivity index (χ0v) is 17.5. The van der Waals surface area contributed by atoms with Crippen molar-refractivity contribution in [2.75, 3.05) is 13.1 Å². The third-order valence-electron chi connectivity index (χ3n) is 6.34. The first-order valence-electron chi connectivity index (χ1n) is 10.6. The molecular weight excluding hydrogens is 394 g/mol. The highest BCUT2D eigenvalue weighted by molar-refractivity contribution is 5.93. The molecule has 160 valence electrons. The van der Waals surface area contributed by atoms with Crippen LogP contribution in [0.3, 0.4) is 0 Å². The van der Waals surface area contributed by atoms with Gasteiger partial charge in [-0.15, -0.1) is 0 Å². The number of nitrogens with one attached hydrogen (secondary N) is 1. The van der Waals surface area contributed by atoms with Gasteiger partial charge in [0.2, 0.25) is 0 Å². The van der Waals surface area contributed by atoms with Gasteiger partial charge in [0, 0.05) is 37.8 Å². The van der Waals surface area contributed by atoms with Crippen LogP contribution in [0.25, 0.3) is 0 Å². The normalized spacial score (nSPS) is 20.3. The molecule has 2 atom stereocenters. The molecule has 1 fully saturated rings. The lowest BCUT2D eigenvalue weighted by atomic mass is 9.82. The molecule has 0 saturated carbocycles. The van der Waals surface area contributed by atoms with Crippen molar-refractivity contribution in [3.8, 4) is 0 Å². The van der Waals surface area contributed by atoms with Gasteiger partial charge in [-0.05, 0) is 37.0 Å². The first-order chi connectivity index (χ1) is 15.1. The maximum atomic E-state index is 13.1. The van der Waals surface area contributed by atoms with E-state index in [0.29, 0.717) is 29.8 Å². The summed E-state index contributed by atoms with van der Waals surface area (Å²) in [6.07, 6.45) is 1.09. The maximum Gasteiger partial charge on any atom is 0.263 e. The summed E-state index contributed by atoms with van der Waals surface area (Å²) < 4.78 is 6.46. The van der Waals surface area contributed by atoms with Crippen LogP contribution < -0.4 is 10.9 Å². The SMILES string of the molecule is Cc1nonc1CNC(=O)c1ccc2n(c1=O)C[C@H]1C[C@@H]2CN(Cc2ccccc2)C1. The molecule has 5 rings (SSSR count). The van der Waals surface area contributed by atoms with Crippen molar-refractivity contribution in [2.24, 2.45) is 5.92 Å². The molecule has 8 nitrogen and oxygen atoms in total. The van der Waals surface area contributed by atoms with E-state index >= 15 is 0 Å². The molecule has 0 unspecified atom stereocenters. The van der Waals surface area contributed by atoms with Crippen LogP contribution in [0.1, 0.15) is 45.3 Å². The van der Waals surface area contributed by atoms with E-state index in [-0.39, 0.29) is 17.7 Å². The molecule has 0 aliphatic carbocycles. The maximum absolute atomic E-state index is 13.1. The van der Waals surface area contributed by atoms with Crippen molar-refractivity contribution in [1.82, 2.24) is 25.1 Å². The number of pyridine rings is 1. The summed E-state index contributed by atoms with van der Waals surface area (Å²) in [7, 11) is 0. The minimum absolute atomic E-state index is 0.166. The Morgan fingerprint density at radius 1 is 1.13 bits per heavy atom. The van der Waals surface area contributed by atoms with E-state index in [9.17, 15) is 9.59 Å². The van der Waals surface area contributed by atoms with Crippen molar-refractivity contribution in [2.45, 2.75) is 38.9 Å². The number of piperidine rings is 1. The summed E-state index contributed by atoms with van der Waals surface area (Å²) in [5, 5.41) is 10.2. The standard InChI is InChI=1S/C23H25N5O3/c1-15-20(26-31-25-15)10-24-22(29)19-7-8-21-18-9-17(13-28(21)23(19)30)12-27(14-18)11-16-5-3-2-4-6-16/h2-8,17-18H,9-14H2,1H3,(H,24,29)/t17-,18+/m0/s1. The van der Waals surface area contributed by atoms with Crippen molar-refractivity contribution in [3.05, 3.63) is 81.0 Å². The van der Waals surface area contributed by atoms with Gasteiger partial charge in [-0.25, -0.2) is 4.63 Å². The Bertz CT molecular complexity index is 1150. The monoisotopic (exact) mass is 419 g/mol. The number of carbonyl (C=O) groups is 1. The molecule has 1 N–H and O–H groups in total. The number of rotatable bonds is 5. The second-order valence-corrected chi connectivity index (χ2v) is 8.54. The van der Waals surface area contributed by atoms with E-state index in [0.717, 1.165) is 31.7 Å². The molecule has 8 heteroatoms. The van der Waals surface area contributed by atoms with E-state index in [1.807, 2.05) is 16.7 Å². The molecule has 1 amide bonds. The Morgan fingerprint density at radius 3 is 2.74 bits per heavy atom. The Labute approximate surface area is 179 Å². The molecule has 2 aliphatic rings. The largest absolute Gasteiger partial charge is 0.346 e. The molecule has 2 aromatic heterocycles. The number of fused-ring (bicyclic) bond motifs is 4. The fourth-order valence-electron chi connectivity index (χ4n) is 4.86. The highest BCUT2D eigenvalue weighted by Crippen LogP contribution is 2.35. The van der Waals surface area contributed by atoms with E-state index in [2.05, 4.69) is 49.4 Å². The highest BCUT2D eigenvalue weighted by Gasteiger charge is 2.35. The second-order valence-electron chi connectivity index (χ2n) is 8.54. The van der Waals surface area contributed by atoms with Crippen molar-refractivity contribution in [1.29, 1.82) is 0 Å². The molecule has 2 bridgehead atoms. The van der Waals surface area contributed by atoms with Crippen LogP contribution in [0.5, 0.6) is 0 Å². The molecule has 0 radical (unpaired) electrons. The first kappa shape index (κ1) is 19.7. The van der Waals surface area contributed by atoms with Gasteiger partial charge in [-0.1, -0.05) is 40.6 Å². The van der Waals surface area contributed by atoms with Gasteiger partial charge in [0.15, 0.2) is 0 Å². The van der Waals surface area contributed by atoms with Crippen LogP contribution in [0.4, 0.5) is 0 Å². The van der Waals surface area contributed by atoms with Gasteiger partial charge in [0.1, 0.15) is 17.0 Å². The summed E-state index contributed by atoms with van der Waals surface area (Å²) in [5.74, 6) is 0.323. The number of nitrogens with zero attached hydrogens (tertiary/aromatic N) is 4. The van der Waals surface area contributed by atoms with E-state index in [4.69, 9.17) is 0 Å². The summed E-state index contributed by atoms with van der Waals surface area (Å²) >= 11 is 0. The van der Waals surface area contributed by atoms with E-state index < -0.39 is 5.91 Å². The van der Waals surface area contributed by atoms with Crippen LogP contribution in [-0.2, 0) is 19.6 Å². The first-order valence-corrected chi connectivity index (χ1v) is 10.6. The predicted octanol–water partition coefficient (Wildman–Crippen LogP) is 2.09. The summed E-state index contributed by atoms with van der Waals surface area (Å²) in [6, 6.07) is 14.1. The van der Waals surface area contributed by atoms with Crippen LogP contribution in [0, 0.1) is 12.8 Å². The molecule has 4 heterocycles. The molecule has 31 heavy (non-hydrogen) atoms. The molecule has 3 aromatic rings. The van der Waals surface area contributed by atoms with Gasteiger partial charge in [-0.2, -0.15) is 0 Å². The van der Waals surface area contributed by atoms with Gasteiger partial charge >= 0.3 is 0 Å². The number of amides is 1. The highest BCUT2D eigenvalue weighted by atomic mass is 16.6. The topological polar surface area (TPSA) is 93.3 Å². The molecule has 0 spiro atoms. The smallest absolute Gasteiger partial charge is 0.263 e. The third-order valence-corrected chi connectivity index (χ3v) is 6.34. The van der Waals surface area contributed by atoms with Gasteiger partial charge in [0.05, 0.1) is 6.54 Å². The molecule has 1 aromatic carbocycles. The molecule has 2 aliphatic heterocycles. The predicted molar refractivity (Wildman–Crippen MR) is 113 cm³/mol. The average molecular weight is 419 g/mol. The average Bonchev–Trinajstić information content (AvgIpc) is 3.18. The Hall–Kier alpha value is -3.26. The van der Waals surface area contributed by atoms with E-state index in [1.165, 1.54) is 5.56 Å². The van der Waals surface area contributed by atoms with Gasteiger partial charge in [0.25, 0.3) is 11.5 Å². The van der Waals surface area contributed by atoms with Crippen molar-refractivity contribution < 1.29 is 9.42 Å². The zero-order chi connectivity index (χ0) is 21.4. The minimum Gasteiger partial charge on any atom is -0.346 e. The molecular formula is C23H25N5O3. The third kappa shape index (κ3) is 3.90. The van der Waals surface area contributed by atoms with Gasteiger partial charge in [-0.3, -0.25) is 14.5 Å². The van der Waals surface area contributed by atoms with Crippen molar-refractivity contribution in [3.63, 3.8) is 0 Å². The number of hydrogen-bond donors (Lipinski definition) is 1. The fraction of sp³-hybridized carbons (Fsp3) is 0.391. The number of hydrogen-bond acceptors (Lipinski definition) is 6. The number of likely N-dealkylation sites (tertiary alicyclic amines) is 1. The zero-order valence-electron chi connectivity index (χ0n) is 17.5. The van der Waals surface area contributed by atoms with Crippen LogP contribution in [-0.4, -0.2) is 38.8 Å². The number of carbonyl (C=O) groups excluding carboxylic acids is 1. The van der Waals surface area contributed by atoms with E-state index in [1.54, 1.807) is 13.0 Å². The summed E-state index contributed by atoms with van der Waals surface area (Å²) in [4.78, 5) is 28.3. The Balaban J connectivity index is 1.33. The minimum atomic E-state index is -0.399.